The highest BCUT2D eigenvalue weighted by molar-refractivity contribution is 9.10. The second-order valence-corrected chi connectivity index (χ2v) is 8.36. The standard InChI is InChI=1S/C26H18BrN3O2/c27-17-12-10-15(11-13-17)21-22(25(32)19-14-29-20-9-5-4-8-18(19)20)26(28)30-23(21)24(31)16-6-2-1-3-7-16/h1-14,29-30H,28H2. The van der Waals surface area contributed by atoms with Crippen LogP contribution >= 0.6 is 15.9 Å². The SMILES string of the molecule is Nc1[nH]c(C(=O)c2ccccc2)c(-c2ccc(Br)cc2)c1C(=O)c1c[nH]c2ccccc12. The summed E-state index contributed by atoms with van der Waals surface area (Å²) in [6, 6.07) is 24.0. The summed E-state index contributed by atoms with van der Waals surface area (Å²) >= 11 is 3.44. The van der Waals surface area contributed by atoms with Gasteiger partial charge in [-0.15, -0.1) is 0 Å². The number of nitrogen functional groups attached to an aromatic ring is 1. The monoisotopic (exact) mass is 483 g/mol. The lowest BCUT2D eigenvalue weighted by Crippen LogP contribution is -2.06. The fourth-order valence-corrected chi connectivity index (χ4v) is 4.22. The Balaban J connectivity index is 1.74. The van der Waals surface area contributed by atoms with E-state index in [0.29, 0.717) is 22.4 Å². The average molecular weight is 484 g/mol. The molecule has 5 aromatic rings. The first kappa shape index (κ1) is 20.0. The van der Waals surface area contributed by atoms with Gasteiger partial charge >= 0.3 is 0 Å². The van der Waals surface area contributed by atoms with Crippen molar-refractivity contribution in [3.63, 3.8) is 0 Å². The minimum atomic E-state index is -0.249. The van der Waals surface area contributed by atoms with Gasteiger partial charge in [0.2, 0.25) is 5.78 Å². The van der Waals surface area contributed by atoms with Gasteiger partial charge in [-0.05, 0) is 23.8 Å². The number of ketones is 2. The first-order valence-corrected chi connectivity index (χ1v) is 10.8. The molecule has 0 radical (unpaired) electrons. The molecule has 0 bridgehead atoms. The van der Waals surface area contributed by atoms with Gasteiger partial charge in [-0.1, -0.05) is 76.6 Å². The van der Waals surface area contributed by atoms with Crippen LogP contribution in [0.2, 0.25) is 0 Å². The summed E-state index contributed by atoms with van der Waals surface area (Å²) < 4.78 is 0.894. The molecule has 0 saturated heterocycles. The molecule has 6 heteroatoms. The zero-order valence-corrected chi connectivity index (χ0v) is 18.4. The molecule has 32 heavy (non-hydrogen) atoms. The Morgan fingerprint density at radius 3 is 2.25 bits per heavy atom. The molecule has 0 spiro atoms. The molecular weight excluding hydrogens is 466 g/mol. The van der Waals surface area contributed by atoms with Crippen molar-refractivity contribution in [1.29, 1.82) is 0 Å². The minimum absolute atomic E-state index is 0.164. The molecule has 0 amide bonds. The van der Waals surface area contributed by atoms with E-state index in [1.807, 2.05) is 54.6 Å². The topological polar surface area (TPSA) is 91.7 Å². The number of hydrogen-bond acceptors (Lipinski definition) is 3. The van der Waals surface area contributed by atoms with Crippen molar-refractivity contribution < 1.29 is 9.59 Å². The van der Waals surface area contributed by atoms with Crippen molar-refractivity contribution in [3.05, 3.63) is 112 Å². The maximum absolute atomic E-state index is 13.7. The Bertz CT molecular complexity index is 1460. The van der Waals surface area contributed by atoms with Crippen LogP contribution in [0.3, 0.4) is 0 Å². The number of carbonyl (C=O) groups excluding carboxylic acids is 2. The first-order valence-electron chi connectivity index (χ1n) is 10.0. The van der Waals surface area contributed by atoms with E-state index in [0.717, 1.165) is 20.9 Å². The summed E-state index contributed by atoms with van der Waals surface area (Å²) in [6.07, 6.45) is 1.68. The quantitative estimate of drug-likeness (QED) is 0.269. The van der Waals surface area contributed by atoms with E-state index in [4.69, 9.17) is 5.73 Å². The second-order valence-electron chi connectivity index (χ2n) is 7.44. The fourth-order valence-electron chi connectivity index (χ4n) is 3.96. The molecule has 0 aliphatic carbocycles. The Morgan fingerprint density at radius 2 is 1.50 bits per heavy atom. The van der Waals surface area contributed by atoms with Crippen molar-refractivity contribution in [1.82, 2.24) is 9.97 Å². The van der Waals surface area contributed by atoms with Crippen LogP contribution in [-0.2, 0) is 0 Å². The third kappa shape index (κ3) is 3.35. The maximum atomic E-state index is 13.7. The summed E-state index contributed by atoms with van der Waals surface area (Å²) in [5, 5.41) is 0.802. The third-order valence-corrected chi connectivity index (χ3v) is 6.01. The number of aromatic nitrogens is 2. The predicted molar refractivity (Wildman–Crippen MR) is 130 cm³/mol. The summed E-state index contributed by atoms with van der Waals surface area (Å²) in [7, 11) is 0. The van der Waals surface area contributed by atoms with Gasteiger partial charge in [0.15, 0.2) is 5.78 Å². The van der Waals surface area contributed by atoms with Crippen molar-refractivity contribution in [2.24, 2.45) is 0 Å². The molecule has 2 heterocycles. The largest absolute Gasteiger partial charge is 0.385 e. The van der Waals surface area contributed by atoms with Gasteiger partial charge in [0.05, 0.1) is 11.3 Å². The number of nitrogens with one attached hydrogen (secondary N) is 2. The molecular formula is C26H18BrN3O2. The second kappa shape index (κ2) is 7.98. The highest BCUT2D eigenvalue weighted by atomic mass is 79.9. The molecule has 0 aliphatic rings. The molecule has 0 aliphatic heterocycles. The van der Waals surface area contributed by atoms with Crippen LogP contribution < -0.4 is 5.73 Å². The Kier molecular flexibility index (Phi) is 4.99. The van der Waals surface area contributed by atoms with Gasteiger partial charge < -0.3 is 15.7 Å². The third-order valence-electron chi connectivity index (χ3n) is 5.49. The molecule has 0 saturated carbocycles. The van der Waals surface area contributed by atoms with Crippen molar-refractivity contribution in [3.8, 4) is 11.1 Å². The Labute approximate surface area is 192 Å². The first-order chi connectivity index (χ1) is 15.5. The summed E-state index contributed by atoms with van der Waals surface area (Å²) in [5.74, 6) is -0.313. The van der Waals surface area contributed by atoms with Crippen LogP contribution in [0.25, 0.3) is 22.0 Å². The number of benzene rings is 3. The molecule has 5 nitrogen and oxygen atoms in total. The number of H-pyrrole nitrogens is 2. The smallest absolute Gasteiger partial charge is 0.209 e. The van der Waals surface area contributed by atoms with E-state index >= 15 is 0 Å². The van der Waals surface area contributed by atoms with E-state index in [-0.39, 0.29) is 22.9 Å². The highest BCUT2D eigenvalue weighted by Crippen LogP contribution is 2.36. The number of carbonyl (C=O) groups is 2. The van der Waals surface area contributed by atoms with E-state index in [1.165, 1.54) is 0 Å². The van der Waals surface area contributed by atoms with E-state index in [2.05, 4.69) is 25.9 Å². The number of para-hydroxylation sites is 1. The predicted octanol–water partition coefficient (Wildman–Crippen LogP) is 5.97. The maximum Gasteiger partial charge on any atom is 0.209 e. The average Bonchev–Trinajstić information content (AvgIpc) is 3.40. The molecule has 0 atom stereocenters. The number of rotatable bonds is 5. The van der Waals surface area contributed by atoms with Crippen LogP contribution in [0.15, 0.2) is 89.5 Å². The molecule has 2 aromatic heterocycles. The number of aromatic amines is 2. The van der Waals surface area contributed by atoms with E-state index in [9.17, 15) is 9.59 Å². The van der Waals surface area contributed by atoms with Crippen molar-refractivity contribution >= 4 is 44.2 Å². The number of anilines is 1. The van der Waals surface area contributed by atoms with E-state index < -0.39 is 0 Å². The van der Waals surface area contributed by atoms with Gasteiger partial charge in [-0.25, -0.2) is 0 Å². The van der Waals surface area contributed by atoms with Gasteiger partial charge in [-0.2, -0.15) is 0 Å². The fraction of sp³-hybridized carbons (Fsp3) is 0. The lowest BCUT2D eigenvalue weighted by atomic mass is 9.93. The molecule has 0 unspecified atom stereocenters. The number of fused-ring (bicyclic) bond motifs is 1. The molecule has 0 fully saturated rings. The molecule has 3 aromatic carbocycles. The summed E-state index contributed by atoms with van der Waals surface area (Å²) in [4.78, 5) is 33.3. The van der Waals surface area contributed by atoms with Crippen LogP contribution in [-0.4, -0.2) is 21.5 Å². The Hall–Kier alpha value is -3.90. The lowest BCUT2D eigenvalue weighted by Gasteiger charge is -2.08. The minimum Gasteiger partial charge on any atom is -0.385 e. The van der Waals surface area contributed by atoms with Crippen LogP contribution in [0, 0.1) is 0 Å². The van der Waals surface area contributed by atoms with E-state index in [1.54, 1.807) is 30.5 Å². The zero-order valence-electron chi connectivity index (χ0n) is 16.9. The van der Waals surface area contributed by atoms with Gasteiger partial charge in [0.1, 0.15) is 5.82 Å². The summed E-state index contributed by atoms with van der Waals surface area (Å²) in [6.45, 7) is 0. The van der Waals surface area contributed by atoms with Crippen LogP contribution in [0.5, 0.6) is 0 Å². The van der Waals surface area contributed by atoms with Crippen molar-refractivity contribution in [2.45, 2.75) is 0 Å². The van der Waals surface area contributed by atoms with Gasteiger partial charge in [0, 0.05) is 38.3 Å². The number of nitrogens with two attached hydrogens (primary N) is 1. The van der Waals surface area contributed by atoms with Gasteiger partial charge in [-0.3, -0.25) is 9.59 Å². The van der Waals surface area contributed by atoms with Crippen LogP contribution in [0.4, 0.5) is 5.82 Å². The zero-order chi connectivity index (χ0) is 22.2. The molecule has 4 N–H and O–H groups in total. The van der Waals surface area contributed by atoms with Gasteiger partial charge in [0.25, 0.3) is 0 Å². The number of halogens is 1. The lowest BCUT2D eigenvalue weighted by molar-refractivity contribution is 0.103. The summed E-state index contributed by atoms with van der Waals surface area (Å²) in [5.41, 5.74) is 10.0. The highest BCUT2D eigenvalue weighted by Gasteiger charge is 2.28. The molecule has 5 rings (SSSR count). The van der Waals surface area contributed by atoms with Crippen molar-refractivity contribution in [2.75, 3.05) is 5.73 Å². The number of hydrogen-bond donors (Lipinski definition) is 3. The molecule has 156 valence electrons. The Morgan fingerprint density at radius 1 is 0.812 bits per heavy atom. The normalized spacial score (nSPS) is 11.0. The van der Waals surface area contributed by atoms with Crippen LogP contribution in [0.1, 0.15) is 32.0 Å².